The van der Waals surface area contributed by atoms with Crippen LogP contribution in [-0.4, -0.2) is 62.3 Å². The highest BCUT2D eigenvalue weighted by atomic mass is 127. The number of aliphatic imine (C=N–C) groups is 1. The molecule has 6 nitrogen and oxygen atoms in total. The molecule has 1 aliphatic carbocycles. The van der Waals surface area contributed by atoms with E-state index in [1.165, 1.54) is 19.3 Å². The van der Waals surface area contributed by atoms with E-state index in [2.05, 4.69) is 29.4 Å². The number of methoxy groups -OCH3 is 1. The molecule has 7 heteroatoms. The third kappa shape index (κ3) is 6.99. The summed E-state index contributed by atoms with van der Waals surface area (Å²) in [5.41, 5.74) is 0. The van der Waals surface area contributed by atoms with Gasteiger partial charge < -0.3 is 20.1 Å². The minimum absolute atomic E-state index is 0. The first-order chi connectivity index (χ1) is 13.2. The zero-order valence-corrected chi connectivity index (χ0v) is 19.6. The molecule has 0 aromatic heterocycles. The fourth-order valence-corrected chi connectivity index (χ4v) is 3.73. The van der Waals surface area contributed by atoms with E-state index in [1.54, 1.807) is 7.11 Å². The van der Waals surface area contributed by atoms with Crippen LogP contribution in [0, 0.1) is 0 Å². The molecule has 1 aromatic rings. The number of nitrogens with one attached hydrogen (secondary N) is 2. The molecular formula is C21H35IN4O2. The zero-order valence-electron chi connectivity index (χ0n) is 17.3. The highest BCUT2D eigenvalue weighted by Gasteiger charge is 2.38. The van der Waals surface area contributed by atoms with Gasteiger partial charge in [0.1, 0.15) is 11.5 Å². The van der Waals surface area contributed by atoms with Gasteiger partial charge in [0.2, 0.25) is 0 Å². The summed E-state index contributed by atoms with van der Waals surface area (Å²) in [6.45, 7) is 7.85. The van der Waals surface area contributed by atoms with Crippen LogP contribution in [0.5, 0.6) is 11.5 Å². The quantitative estimate of drug-likeness (QED) is 0.235. The number of rotatable bonds is 9. The number of halogens is 1. The minimum atomic E-state index is 0. The molecule has 0 radical (unpaired) electrons. The van der Waals surface area contributed by atoms with Crippen LogP contribution in [0.3, 0.4) is 0 Å². The second-order valence-electron chi connectivity index (χ2n) is 7.50. The summed E-state index contributed by atoms with van der Waals surface area (Å²) in [6.07, 6.45) is 4.82. The number of guanidine groups is 1. The molecule has 158 valence electrons. The molecule has 3 rings (SSSR count). The van der Waals surface area contributed by atoms with E-state index in [0.717, 1.165) is 49.6 Å². The summed E-state index contributed by atoms with van der Waals surface area (Å²) >= 11 is 0. The van der Waals surface area contributed by atoms with Crippen LogP contribution >= 0.6 is 24.0 Å². The lowest BCUT2D eigenvalue weighted by molar-refractivity contribution is 0.256. The molecule has 2 fully saturated rings. The highest BCUT2D eigenvalue weighted by molar-refractivity contribution is 14.0. The molecular weight excluding hydrogens is 467 g/mol. The first kappa shape index (κ1) is 23.1. The smallest absolute Gasteiger partial charge is 0.191 e. The SMILES string of the molecule is CCNC(=NCCCOc1cccc(OC)c1)NC1CC(C)N(C2CC2)C1.I. The topological polar surface area (TPSA) is 58.1 Å². The van der Waals surface area contributed by atoms with Crippen LogP contribution in [0.25, 0.3) is 0 Å². The van der Waals surface area contributed by atoms with Gasteiger partial charge >= 0.3 is 0 Å². The summed E-state index contributed by atoms with van der Waals surface area (Å²) in [4.78, 5) is 7.38. The van der Waals surface area contributed by atoms with Gasteiger partial charge in [-0.1, -0.05) is 6.07 Å². The van der Waals surface area contributed by atoms with Crippen LogP contribution in [-0.2, 0) is 0 Å². The third-order valence-electron chi connectivity index (χ3n) is 5.21. The van der Waals surface area contributed by atoms with E-state index in [1.807, 2.05) is 24.3 Å². The van der Waals surface area contributed by atoms with Crippen molar-refractivity contribution in [3.8, 4) is 11.5 Å². The van der Waals surface area contributed by atoms with Crippen molar-refractivity contribution in [2.24, 2.45) is 4.99 Å². The van der Waals surface area contributed by atoms with Crippen LogP contribution < -0.4 is 20.1 Å². The summed E-state index contributed by atoms with van der Waals surface area (Å²) in [6, 6.07) is 9.71. The Balaban J connectivity index is 0.00000280. The number of benzene rings is 1. The van der Waals surface area contributed by atoms with Crippen LogP contribution in [0.1, 0.15) is 39.5 Å². The third-order valence-corrected chi connectivity index (χ3v) is 5.21. The lowest BCUT2D eigenvalue weighted by atomic mass is 10.2. The summed E-state index contributed by atoms with van der Waals surface area (Å²) in [7, 11) is 1.66. The van der Waals surface area contributed by atoms with Gasteiger partial charge in [0.15, 0.2) is 5.96 Å². The van der Waals surface area contributed by atoms with E-state index in [-0.39, 0.29) is 24.0 Å². The molecule has 1 saturated heterocycles. The Morgan fingerprint density at radius 3 is 2.79 bits per heavy atom. The molecule has 1 aromatic carbocycles. The number of hydrogen-bond acceptors (Lipinski definition) is 4. The Bertz CT molecular complexity index is 624. The summed E-state index contributed by atoms with van der Waals surface area (Å²) in [5, 5.41) is 6.99. The second-order valence-corrected chi connectivity index (χ2v) is 7.50. The average molecular weight is 502 g/mol. The predicted octanol–water partition coefficient (Wildman–Crippen LogP) is 3.26. The van der Waals surface area contributed by atoms with Gasteiger partial charge in [-0.2, -0.15) is 0 Å². The maximum atomic E-state index is 5.79. The molecule has 28 heavy (non-hydrogen) atoms. The van der Waals surface area contributed by atoms with Gasteiger partial charge in [-0.05, 0) is 45.2 Å². The van der Waals surface area contributed by atoms with Crippen molar-refractivity contribution in [1.29, 1.82) is 0 Å². The fourth-order valence-electron chi connectivity index (χ4n) is 3.73. The standard InChI is InChI=1S/C21H34N4O2.HI/c1-4-22-21(24-17-13-16(2)25(15-17)18-9-10-18)23-11-6-12-27-20-8-5-7-19(14-20)26-3;/h5,7-8,14,16-18H,4,6,9-13,15H2,1-3H3,(H2,22,23,24);1H. The lowest BCUT2D eigenvalue weighted by Crippen LogP contribution is -2.44. The molecule has 0 spiro atoms. The van der Waals surface area contributed by atoms with Crippen molar-refractivity contribution >= 4 is 29.9 Å². The number of likely N-dealkylation sites (tertiary alicyclic amines) is 1. The normalized spacial score (nSPS) is 22.5. The largest absolute Gasteiger partial charge is 0.497 e. The Hall–Kier alpha value is -1.22. The summed E-state index contributed by atoms with van der Waals surface area (Å²) < 4.78 is 11.0. The molecule has 1 saturated carbocycles. The predicted molar refractivity (Wildman–Crippen MR) is 125 cm³/mol. The van der Waals surface area contributed by atoms with Gasteiger partial charge in [0, 0.05) is 50.2 Å². The maximum Gasteiger partial charge on any atom is 0.191 e. The van der Waals surface area contributed by atoms with Crippen molar-refractivity contribution in [3.05, 3.63) is 24.3 Å². The lowest BCUT2D eigenvalue weighted by Gasteiger charge is -2.20. The number of ether oxygens (including phenoxy) is 2. The van der Waals surface area contributed by atoms with Crippen molar-refractivity contribution in [3.63, 3.8) is 0 Å². The molecule has 2 N–H and O–H groups in total. The molecule has 0 bridgehead atoms. The van der Waals surface area contributed by atoms with Crippen molar-refractivity contribution < 1.29 is 9.47 Å². The first-order valence-electron chi connectivity index (χ1n) is 10.3. The van der Waals surface area contributed by atoms with E-state index in [0.29, 0.717) is 18.7 Å². The van der Waals surface area contributed by atoms with Crippen LogP contribution in [0.2, 0.25) is 0 Å². The van der Waals surface area contributed by atoms with Gasteiger partial charge in [-0.3, -0.25) is 9.89 Å². The second kappa shape index (κ2) is 11.7. The summed E-state index contributed by atoms with van der Waals surface area (Å²) in [5.74, 6) is 2.58. The van der Waals surface area contributed by atoms with Crippen LogP contribution in [0.4, 0.5) is 0 Å². The van der Waals surface area contributed by atoms with Crippen molar-refractivity contribution in [2.75, 3.05) is 33.4 Å². The average Bonchev–Trinajstić information content (AvgIpc) is 3.45. The van der Waals surface area contributed by atoms with Gasteiger partial charge in [-0.25, -0.2) is 0 Å². The molecule has 1 heterocycles. The zero-order chi connectivity index (χ0) is 19.1. The van der Waals surface area contributed by atoms with Gasteiger partial charge in [0.05, 0.1) is 13.7 Å². The van der Waals surface area contributed by atoms with Crippen molar-refractivity contribution in [2.45, 2.75) is 57.7 Å². The maximum absolute atomic E-state index is 5.79. The van der Waals surface area contributed by atoms with E-state index < -0.39 is 0 Å². The molecule has 2 aliphatic rings. The van der Waals surface area contributed by atoms with Crippen molar-refractivity contribution in [1.82, 2.24) is 15.5 Å². The van der Waals surface area contributed by atoms with Crippen LogP contribution in [0.15, 0.2) is 29.3 Å². The molecule has 2 atom stereocenters. The fraction of sp³-hybridized carbons (Fsp3) is 0.667. The molecule has 0 amide bonds. The number of nitrogens with zero attached hydrogens (tertiary/aromatic N) is 2. The Kier molecular flexibility index (Phi) is 9.64. The Morgan fingerprint density at radius 1 is 1.29 bits per heavy atom. The Labute approximate surface area is 186 Å². The number of hydrogen-bond donors (Lipinski definition) is 2. The Morgan fingerprint density at radius 2 is 2.07 bits per heavy atom. The van der Waals surface area contributed by atoms with E-state index >= 15 is 0 Å². The first-order valence-corrected chi connectivity index (χ1v) is 10.3. The molecule has 1 aliphatic heterocycles. The van der Waals surface area contributed by atoms with E-state index in [9.17, 15) is 0 Å². The van der Waals surface area contributed by atoms with Gasteiger partial charge in [0.25, 0.3) is 0 Å². The minimum Gasteiger partial charge on any atom is -0.497 e. The highest BCUT2D eigenvalue weighted by Crippen LogP contribution is 2.33. The van der Waals surface area contributed by atoms with Gasteiger partial charge in [-0.15, -0.1) is 24.0 Å². The van der Waals surface area contributed by atoms with E-state index in [4.69, 9.17) is 14.5 Å². The monoisotopic (exact) mass is 502 g/mol. The molecule has 2 unspecified atom stereocenters.